The van der Waals surface area contributed by atoms with Crippen molar-refractivity contribution in [1.29, 1.82) is 0 Å². The van der Waals surface area contributed by atoms with Crippen molar-refractivity contribution in [3.63, 3.8) is 0 Å². The van der Waals surface area contributed by atoms with E-state index in [4.69, 9.17) is 4.42 Å². The second-order valence-corrected chi connectivity index (χ2v) is 5.38. The molecule has 0 saturated carbocycles. The van der Waals surface area contributed by atoms with Gasteiger partial charge >= 0.3 is 0 Å². The van der Waals surface area contributed by atoms with Gasteiger partial charge < -0.3 is 19.7 Å². The van der Waals surface area contributed by atoms with Gasteiger partial charge in [-0.05, 0) is 12.5 Å². The number of nitrogens with one attached hydrogen (secondary N) is 1. The van der Waals surface area contributed by atoms with Crippen molar-refractivity contribution in [2.24, 2.45) is 0 Å². The van der Waals surface area contributed by atoms with Gasteiger partial charge in [0.25, 0.3) is 5.91 Å². The van der Waals surface area contributed by atoms with Crippen molar-refractivity contribution in [3.05, 3.63) is 36.3 Å². The van der Waals surface area contributed by atoms with E-state index in [1.54, 1.807) is 25.4 Å². The molecule has 3 heterocycles. The molecule has 116 valence electrons. The number of hydrogen-bond donors (Lipinski definition) is 2. The van der Waals surface area contributed by atoms with Crippen LogP contribution in [0.25, 0.3) is 0 Å². The molecule has 0 aliphatic carbocycles. The normalized spacial score (nSPS) is 21.1. The Labute approximate surface area is 127 Å². The molecule has 22 heavy (non-hydrogen) atoms. The highest BCUT2D eigenvalue weighted by Gasteiger charge is 2.37. The molecule has 8 heteroatoms. The molecule has 0 radical (unpaired) electrons. The zero-order chi connectivity index (χ0) is 15.6. The van der Waals surface area contributed by atoms with E-state index in [0.29, 0.717) is 31.3 Å². The second-order valence-electron chi connectivity index (χ2n) is 5.38. The van der Waals surface area contributed by atoms with Crippen LogP contribution in [0.5, 0.6) is 0 Å². The smallest absolute Gasteiger partial charge is 0.273 e. The fourth-order valence-electron chi connectivity index (χ4n) is 2.43. The van der Waals surface area contributed by atoms with Crippen LogP contribution in [-0.2, 0) is 0 Å². The Bertz CT molecular complexity index is 660. The number of aliphatic hydroxyl groups is 1. The molecule has 1 atom stereocenters. The Hall–Kier alpha value is -2.48. The zero-order valence-electron chi connectivity index (χ0n) is 12.2. The van der Waals surface area contributed by atoms with E-state index in [2.05, 4.69) is 20.3 Å². The highest BCUT2D eigenvalue weighted by Crippen LogP contribution is 2.23. The maximum Gasteiger partial charge on any atom is 0.273 e. The third kappa shape index (κ3) is 3.06. The van der Waals surface area contributed by atoms with E-state index >= 15 is 0 Å². The number of carbonyl (C=O) groups excluding carboxylic acids is 1. The Morgan fingerprint density at radius 1 is 1.50 bits per heavy atom. The molecule has 1 aliphatic heterocycles. The summed E-state index contributed by atoms with van der Waals surface area (Å²) in [5.41, 5.74) is -0.796. The van der Waals surface area contributed by atoms with E-state index < -0.39 is 5.60 Å². The number of amides is 1. The van der Waals surface area contributed by atoms with Gasteiger partial charge in [0.05, 0.1) is 6.54 Å². The van der Waals surface area contributed by atoms with Crippen LogP contribution in [0.3, 0.4) is 0 Å². The summed E-state index contributed by atoms with van der Waals surface area (Å²) in [5, 5.41) is 13.3. The van der Waals surface area contributed by atoms with E-state index in [1.165, 1.54) is 6.26 Å². The Morgan fingerprint density at radius 2 is 2.27 bits per heavy atom. The van der Waals surface area contributed by atoms with Crippen molar-refractivity contribution in [3.8, 4) is 0 Å². The number of carbonyl (C=O) groups is 1. The molecule has 1 unspecified atom stereocenters. The van der Waals surface area contributed by atoms with Crippen LogP contribution in [0.2, 0.25) is 0 Å². The maximum atomic E-state index is 11.9. The van der Waals surface area contributed by atoms with Crippen LogP contribution in [0, 0.1) is 6.92 Å². The monoisotopic (exact) mass is 303 g/mol. The molecule has 0 spiro atoms. The van der Waals surface area contributed by atoms with E-state index in [9.17, 15) is 9.90 Å². The summed E-state index contributed by atoms with van der Waals surface area (Å²) >= 11 is 0. The molecule has 0 aromatic carbocycles. The minimum absolute atomic E-state index is 0.140. The second kappa shape index (κ2) is 5.72. The molecule has 0 bridgehead atoms. The average molecular weight is 303 g/mol. The van der Waals surface area contributed by atoms with Crippen LogP contribution in [0.1, 0.15) is 22.8 Å². The summed E-state index contributed by atoms with van der Waals surface area (Å²) in [5.74, 6) is 0.647. The van der Waals surface area contributed by atoms with Gasteiger partial charge in [-0.2, -0.15) is 0 Å². The number of aromatic nitrogens is 3. The number of nitrogens with zero attached hydrogens (tertiary/aromatic N) is 4. The number of rotatable bonds is 4. The molecule has 3 rings (SSSR count). The molecular formula is C14H17N5O3. The fraction of sp³-hybridized carbons (Fsp3) is 0.429. The summed E-state index contributed by atoms with van der Waals surface area (Å²) in [6, 6.07) is 1.74. The van der Waals surface area contributed by atoms with E-state index in [1.807, 2.05) is 4.90 Å². The lowest BCUT2D eigenvalue weighted by Crippen LogP contribution is -2.45. The minimum atomic E-state index is -1.01. The van der Waals surface area contributed by atoms with Gasteiger partial charge in [-0.15, -0.1) is 0 Å². The fourth-order valence-corrected chi connectivity index (χ4v) is 2.43. The van der Waals surface area contributed by atoms with Gasteiger partial charge in [0.1, 0.15) is 11.9 Å². The first-order valence-electron chi connectivity index (χ1n) is 7.00. The van der Waals surface area contributed by atoms with Gasteiger partial charge in [-0.25, -0.2) is 15.0 Å². The third-order valence-electron chi connectivity index (χ3n) is 3.60. The summed E-state index contributed by atoms with van der Waals surface area (Å²) in [4.78, 5) is 26.1. The van der Waals surface area contributed by atoms with E-state index in [-0.39, 0.29) is 18.1 Å². The topological polar surface area (TPSA) is 104 Å². The first-order valence-corrected chi connectivity index (χ1v) is 7.00. The van der Waals surface area contributed by atoms with E-state index in [0.717, 1.165) is 0 Å². The van der Waals surface area contributed by atoms with Crippen LogP contribution in [-0.4, -0.2) is 51.2 Å². The molecule has 2 aromatic heterocycles. The highest BCUT2D eigenvalue weighted by atomic mass is 16.3. The van der Waals surface area contributed by atoms with Crippen LogP contribution in [0.4, 0.5) is 5.95 Å². The van der Waals surface area contributed by atoms with Crippen LogP contribution in [0.15, 0.2) is 29.1 Å². The number of β-amino-alcohol motifs (C(OH)–C–C–N with tert-alkyl or cyclic N) is 1. The Kier molecular flexibility index (Phi) is 3.76. The standard InChI is InChI=1S/C14H17N5O3/c1-10-18-11(7-22-10)12(20)17-8-14(21)3-6-19(9-14)13-15-4-2-5-16-13/h2,4-5,7,21H,3,6,8-9H2,1H3,(H,17,20). The largest absolute Gasteiger partial charge is 0.448 e. The average Bonchev–Trinajstić information content (AvgIpc) is 3.13. The summed E-state index contributed by atoms with van der Waals surface area (Å²) < 4.78 is 5.00. The number of aryl methyl sites for hydroxylation is 1. The molecule has 2 aromatic rings. The quantitative estimate of drug-likeness (QED) is 0.828. The third-order valence-corrected chi connectivity index (χ3v) is 3.60. The maximum absolute atomic E-state index is 11.9. The number of anilines is 1. The van der Waals surface area contributed by atoms with Gasteiger partial charge in [0.15, 0.2) is 11.6 Å². The molecule has 1 fully saturated rings. The summed E-state index contributed by atoms with van der Waals surface area (Å²) in [6.45, 7) is 2.81. The van der Waals surface area contributed by atoms with Gasteiger partial charge in [-0.1, -0.05) is 0 Å². The van der Waals surface area contributed by atoms with Crippen molar-refractivity contribution in [2.75, 3.05) is 24.5 Å². The summed E-state index contributed by atoms with van der Waals surface area (Å²) in [7, 11) is 0. The van der Waals surface area contributed by atoms with Crippen molar-refractivity contribution in [2.45, 2.75) is 18.9 Å². The molecule has 2 N–H and O–H groups in total. The Balaban J connectivity index is 1.58. The van der Waals surface area contributed by atoms with Crippen LogP contribution >= 0.6 is 0 Å². The first kappa shape index (κ1) is 14.5. The lowest BCUT2D eigenvalue weighted by atomic mass is 10.0. The molecule has 1 saturated heterocycles. The predicted octanol–water partition coefficient (Wildman–Crippen LogP) is 0.144. The Morgan fingerprint density at radius 3 is 2.95 bits per heavy atom. The SMILES string of the molecule is Cc1nc(C(=O)NCC2(O)CCN(c3ncccn3)C2)co1. The van der Waals surface area contributed by atoms with Crippen molar-refractivity contribution >= 4 is 11.9 Å². The molecule has 1 amide bonds. The van der Waals surface area contributed by atoms with Gasteiger partial charge in [0, 0.05) is 32.4 Å². The lowest BCUT2D eigenvalue weighted by Gasteiger charge is -2.23. The minimum Gasteiger partial charge on any atom is -0.448 e. The number of hydrogen-bond acceptors (Lipinski definition) is 7. The van der Waals surface area contributed by atoms with Gasteiger partial charge in [-0.3, -0.25) is 4.79 Å². The molecule has 8 nitrogen and oxygen atoms in total. The van der Waals surface area contributed by atoms with Crippen molar-refractivity contribution in [1.82, 2.24) is 20.3 Å². The van der Waals surface area contributed by atoms with Crippen molar-refractivity contribution < 1.29 is 14.3 Å². The first-order chi connectivity index (χ1) is 10.6. The van der Waals surface area contributed by atoms with Crippen LogP contribution < -0.4 is 10.2 Å². The molecule has 1 aliphatic rings. The predicted molar refractivity (Wildman–Crippen MR) is 77.4 cm³/mol. The lowest BCUT2D eigenvalue weighted by molar-refractivity contribution is 0.0573. The summed E-state index contributed by atoms with van der Waals surface area (Å²) in [6.07, 6.45) is 5.15. The molecular weight excluding hydrogens is 286 g/mol. The number of oxazole rings is 1. The zero-order valence-corrected chi connectivity index (χ0v) is 12.2. The highest BCUT2D eigenvalue weighted by molar-refractivity contribution is 5.91. The van der Waals surface area contributed by atoms with Gasteiger partial charge in [0.2, 0.25) is 5.95 Å².